The van der Waals surface area contributed by atoms with Crippen LogP contribution in [0.3, 0.4) is 0 Å². The summed E-state index contributed by atoms with van der Waals surface area (Å²) in [6.07, 6.45) is 3.54. The molecule has 2 aromatic rings. The summed E-state index contributed by atoms with van der Waals surface area (Å²) in [5.41, 5.74) is 4.04. The van der Waals surface area contributed by atoms with E-state index in [0.717, 1.165) is 6.08 Å². The summed E-state index contributed by atoms with van der Waals surface area (Å²) in [6, 6.07) is 7.57. The Kier molecular flexibility index (Phi) is 7.71. The minimum absolute atomic E-state index is 0.00411. The molecule has 0 aliphatic heterocycles. The minimum atomic E-state index is -3.09. The molecule has 0 atom stereocenters. The number of hydrogen-bond donors (Lipinski definition) is 3. The fourth-order valence-electron chi connectivity index (χ4n) is 2.08. The molecule has 0 saturated carbocycles. The number of rotatable bonds is 7. The van der Waals surface area contributed by atoms with Gasteiger partial charge in [0.15, 0.2) is 11.5 Å². The highest BCUT2D eigenvalue weighted by atomic mass is 19.3. The van der Waals surface area contributed by atoms with Crippen molar-refractivity contribution >= 4 is 23.8 Å². The van der Waals surface area contributed by atoms with E-state index < -0.39 is 24.3 Å². The smallest absolute Gasteiger partial charge is 0.387 e. The second kappa shape index (κ2) is 10.4. The van der Waals surface area contributed by atoms with E-state index in [-0.39, 0.29) is 23.6 Å². The van der Waals surface area contributed by atoms with Crippen LogP contribution in [0.15, 0.2) is 47.1 Å². The highest BCUT2D eigenvalue weighted by Gasteiger charge is 2.15. The predicted octanol–water partition coefficient (Wildman–Crippen LogP) is 1.37. The number of ether oxygens (including phenoxy) is 2. The van der Waals surface area contributed by atoms with Crippen LogP contribution in [0, 0.1) is 0 Å². The molecule has 1 aromatic carbocycles. The van der Waals surface area contributed by atoms with Crippen LogP contribution in [0.25, 0.3) is 6.08 Å². The Morgan fingerprint density at radius 1 is 1.14 bits per heavy atom. The van der Waals surface area contributed by atoms with Gasteiger partial charge in [0.05, 0.1) is 19.9 Å². The van der Waals surface area contributed by atoms with Crippen molar-refractivity contribution < 1.29 is 37.1 Å². The van der Waals surface area contributed by atoms with Crippen LogP contribution in [0.1, 0.15) is 11.3 Å². The zero-order chi connectivity index (χ0) is 21.2. The predicted molar refractivity (Wildman–Crippen MR) is 95.5 cm³/mol. The number of furan rings is 1. The number of carbonyl (C=O) groups excluding carboxylic acids is 3. The van der Waals surface area contributed by atoms with Gasteiger partial charge >= 0.3 is 18.4 Å². The molecule has 9 nitrogen and oxygen atoms in total. The maximum atomic E-state index is 12.6. The molecule has 2 rings (SSSR count). The molecule has 11 heteroatoms. The average Bonchev–Trinajstić information content (AvgIpc) is 3.22. The Bertz CT molecular complexity index is 884. The zero-order valence-electron chi connectivity index (χ0n) is 15.1. The van der Waals surface area contributed by atoms with E-state index in [9.17, 15) is 23.2 Å². The van der Waals surface area contributed by atoms with E-state index in [1.54, 1.807) is 12.1 Å². The lowest BCUT2D eigenvalue weighted by molar-refractivity contribution is -0.140. The van der Waals surface area contributed by atoms with Crippen molar-refractivity contribution in [3.63, 3.8) is 0 Å². The summed E-state index contributed by atoms with van der Waals surface area (Å²) in [4.78, 5) is 35.0. The second-order valence-corrected chi connectivity index (χ2v) is 5.30. The maximum absolute atomic E-state index is 12.6. The first-order valence-corrected chi connectivity index (χ1v) is 8.11. The molecule has 0 radical (unpaired) electrons. The van der Waals surface area contributed by atoms with Crippen molar-refractivity contribution in [2.24, 2.45) is 0 Å². The lowest BCUT2D eigenvalue weighted by Gasteiger charge is -2.12. The third-order valence-electron chi connectivity index (χ3n) is 3.36. The number of hydrogen-bond acceptors (Lipinski definition) is 6. The quantitative estimate of drug-likeness (QED) is 0.361. The Balaban J connectivity index is 1.89. The number of amides is 3. The molecule has 3 N–H and O–H groups in total. The van der Waals surface area contributed by atoms with Gasteiger partial charge in [0.2, 0.25) is 0 Å². The number of benzene rings is 1. The van der Waals surface area contributed by atoms with Crippen LogP contribution in [0.5, 0.6) is 11.5 Å². The van der Waals surface area contributed by atoms with Gasteiger partial charge in [0.25, 0.3) is 5.91 Å². The topological polar surface area (TPSA) is 119 Å². The lowest BCUT2D eigenvalue weighted by Crippen LogP contribution is -2.47. The number of halogens is 2. The number of hydrazine groups is 1. The molecular formula is C18H17F2N3O6. The third kappa shape index (κ3) is 6.65. The third-order valence-corrected chi connectivity index (χ3v) is 3.36. The molecule has 0 bridgehead atoms. The molecule has 0 aliphatic carbocycles. The molecular weight excluding hydrogens is 392 g/mol. The molecule has 0 aliphatic rings. The Morgan fingerprint density at radius 2 is 1.93 bits per heavy atom. The monoisotopic (exact) mass is 409 g/mol. The van der Waals surface area contributed by atoms with Crippen LogP contribution in [-0.4, -0.2) is 31.4 Å². The lowest BCUT2D eigenvalue weighted by atomic mass is 10.1. The number of alkyl halides is 2. The van der Waals surface area contributed by atoms with Crippen molar-refractivity contribution in [3.8, 4) is 11.5 Å². The molecule has 0 unspecified atom stereocenters. The standard InChI is InChI=1S/C18H17F2N3O6/c1-27-13-6-2-4-11(15(13)29-18(19)20)7-8-14(24)22-23-17(26)16(25)21-10-12-5-3-9-28-12/h2-9,18H,10H2,1H3,(H,21,25)(H,22,24)(H,23,26)/b8-7+. The van der Waals surface area contributed by atoms with Gasteiger partial charge < -0.3 is 19.2 Å². The molecule has 154 valence electrons. The van der Waals surface area contributed by atoms with Crippen LogP contribution < -0.4 is 25.6 Å². The van der Waals surface area contributed by atoms with Crippen molar-refractivity contribution in [1.82, 2.24) is 16.2 Å². The van der Waals surface area contributed by atoms with Crippen molar-refractivity contribution in [3.05, 3.63) is 54.0 Å². The van der Waals surface area contributed by atoms with Gasteiger partial charge in [-0.15, -0.1) is 0 Å². The molecule has 0 spiro atoms. The van der Waals surface area contributed by atoms with Gasteiger partial charge in [-0.25, -0.2) is 0 Å². The fourth-order valence-corrected chi connectivity index (χ4v) is 2.08. The van der Waals surface area contributed by atoms with Gasteiger partial charge in [0.1, 0.15) is 5.76 Å². The molecule has 0 fully saturated rings. The van der Waals surface area contributed by atoms with Gasteiger partial charge in [-0.2, -0.15) is 8.78 Å². The first-order valence-electron chi connectivity index (χ1n) is 8.11. The van der Waals surface area contributed by atoms with Crippen LogP contribution >= 0.6 is 0 Å². The summed E-state index contributed by atoms with van der Waals surface area (Å²) in [7, 11) is 1.28. The van der Waals surface area contributed by atoms with Crippen molar-refractivity contribution in [2.45, 2.75) is 13.2 Å². The molecule has 29 heavy (non-hydrogen) atoms. The summed E-state index contributed by atoms with van der Waals surface area (Å²) in [5.74, 6) is -2.68. The van der Waals surface area contributed by atoms with Crippen LogP contribution in [-0.2, 0) is 20.9 Å². The highest BCUT2D eigenvalue weighted by molar-refractivity contribution is 6.35. The Morgan fingerprint density at radius 3 is 2.59 bits per heavy atom. The van der Waals surface area contributed by atoms with Gasteiger partial charge in [-0.3, -0.25) is 25.2 Å². The Hall–Kier alpha value is -3.89. The molecule has 3 amide bonds. The van der Waals surface area contributed by atoms with E-state index >= 15 is 0 Å². The van der Waals surface area contributed by atoms with E-state index in [1.165, 1.54) is 37.6 Å². The Labute approximate surface area is 163 Å². The van der Waals surface area contributed by atoms with E-state index in [2.05, 4.69) is 10.1 Å². The largest absolute Gasteiger partial charge is 0.493 e. The highest BCUT2D eigenvalue weighted by Crippen LogP contribution is 2.33. The number of carbonyl (C=O) groups is 3. The summed E-state index contributed by atoms with van der Waals surface area (Å²) < 4.78 is 39.5. The summed E-state index contributed by atoms with van der Waals surface area (Å²) in [6.45, 7) is -3.10. The normalized spacial score (nSPS) is 10.6. The first kappa shape index (κ1) is 21.4. The summed E-state index contributed by atoms with van der Waals surface area (Å²) >= 11 is 0. The fraction of sp³-hybridized carbons (Fsp3) is 0.167. The van der Waals surface area contributed by atoms with Gasteiger partial charge in [-0.05, 0) is 24.3 Å². The first-order chi connectivity index (χ1) is 13.9. The zero-order valence-corrected chi connectivity index (χ0v) is 15.1. The van der Waals surface area contributed by atoms with E-state index in [0.29, 0.717) is 5.76 Å². The average molecular weight is 409 g/mol. The van der Waals surface area contributed by atoms with E-state index in [4.69, 9.17) is 9.15 Å². The summed E-state index contributed by atoms with van der Waals surface area (Å²) in [5, 5.41) is 2.29. The van der Waals surface area contributed by atoms with Crippen molar-refractivity contribution in [1.29, 1.82) is 0 Å². The molecule has 1 aromatic heterocycles. The van der Waals surface area contributed by atoms with E-state index in [1.807, 2.05) is 10.9 Å². The SMILES string of the molecule is COc1cccc(/C=C/C(=O)NNC(=O)C(=O)NCc2ccco2)c1OC(F)F. The van der Waals surface area contributed by atoms with Crippen molar-refractivity contribution in [2.75, 3.05) is 7.11 Å². The number of nitrogens with one attached hydrogen (secondary N) is 3. The van der Waals surface area contributed by atoms with Gasteiger partial charge in [-0.1, -0.05) is 12.1 Å². The number of para-hydroxylation sites is 1. The minimum Gasteiger partial charge on any atom is -0.493 e. The molecule has 1 heterocycles. The van der Waals surface area contributed by atoms with Crippen LogP contribution in [0.2, 0.25) is 0 Å². The van der Waals surface area contributed by atoms with Crippen LogP contribution in [0.4, 0.5) is 8.78 Å². The number of methoxy groups -OCH3 is 1. The van der Waals surface area contributed by atoms with Gasteiger partial charge in [0, 0.05) is 11.6 Å². The maximum Gasteiger partial charge on any atom is 0.387 e. The molecule has 0 saturated heterocycles. The second-order valence-electron chi connectivity index (χ2n) is 5.30.